The number of anilines is 1. The van der Waals surface area contributed by atoms with Crippen molar-refractivity contribution in [1.29, 1.82) is 0 Å². The van der Waals surface area contributed by atoms with Crippen LogP contribution in [-0.2, 0) is 19.6 Å². The van der Waals surface area contributed by atoms with Gasteiger partial charge in [-0.15, -0.1) is 11.3 Å². The Labute approximate surface area is 186 Å². The molecule has 1 atom stereocenters. The van der Waals surface area contributed by atoms with Gasteiger partial charge < -0.3 is 9.64 Å². The van der Waals surface area contributed by atoms with Crippen LogP contribution in [0.25, 0.3) is 10.2 Å². The summed E-state index contributed by atoms with van der Waals surface area (Å²) in [6, 6.07) is 10.2. The van der Waals surface area contributed by atoms with Crippen LogP contribution in [0, 0.1) is 0 Å². The van der Waals surface area contributed by atoms with E-state index in [1.165, 1.54) is 10.4 Å². The molecule has 1 aromatic carbocycles. The predicted molar refractivity (Wildman–Crippen MR) is 118 cm³/mol. The molecule has 11 heteroatoms. The maximum absolute atomic E-state index is 12.9. The van der Waals surface area contributed by atoms with Gasteiger partial charge in [-0.25, -0.2) is 13.4 Å². The lowest BCUT2D eigenvalue weighted by atomic mass is 10.2. The Hall–Kier alpha value is -1.72. The minimum absolute atomic E-state index is 0.151. The van der Waals surface area contributed by atoms with Gasteiger partial charge in [-0.1, -0.05) is 35.1 Å². The molecule has 2 saturated heterocycles. The van der Waals surface area contributed by atoms with Crippen LogP contribution in [0.4, 0.5) is 5.13 Å². The Morgan fingerprint density at radius 1 is 1.17 bits per heavy atom. The Morgan fingerprint density at radius 2 is 1.97 bits per heavy atom. The van der Waals surface area contributed by atoms with Crippen LogP contribution in [0.15, 0.2) is 40.6 Å². The Bertz CT molecular complexity index is 1170. The second kappa shape index (κ2) is 7.76. The van der Waals surface area contributed by atoms with Gasteiger partial charge in [-0.2, -0.15) is 4.31 Å². The van der Waals surface area contributed by atoms with E-state index >= 15 is 0 Å². The fraction of sp³-hybridized carbons (Fsp3) is 0.368. The number of para-hydroxylation sites is 1. The van der Waals surface area contributed by atoms with Crippen molar-refractivity contribution < 1.29 is 17.9 Å². The van der Waals surface area contributed by atoms with Crippen molar-refractivity contribution in [3.63, 3.8) is 0 Å². The second-order valence-electron chi connectivity index (χ2n) is 7.26. The summed E-state index contributed by atoms with van der Waals surface area (Å²) in [5.74, 6) is -0.479. The zero-order valence-electron chi connectivity index (χ0n) is 15.7. The zero-order chi connectivity index (χ0) is 20.9. The van der Waals surface area contributed by atoms with Crippen LogP contribution >= 0.6 is 34.3 Å². The fourth-order valence-electron chi connectivity index (χ4n) is 3.72. The summed E-state index contributed by atoms with van der Waals surface area (Å²) in [4.78, 5) is 19.4. The molecule has 0 saturated carbocycles. The average Bonchev–Trinajstić information content (AvgIpc) is 3.42. The van der Waals surface area contributed by atoms with Gasteiger partial charge in [0.05, 0.1) is 27.6 Å². The highest BCUT2D eigenvalue weighted by Gasteiger charge is 2.43. The number of halogens is 1. The molecule has 158 valence electrons. The molecule has 30 heavy (non-hydrogen) atoms. The van der Waals surface area contributed by atoms with Crippen LogP contribution in [0.2, 0.25) is 4.34 Å². The number of fused-ring (bicyclic) bond motifs is 1. The largest absolute Gasteiger partial charge is 0.457 e. The topological polar surface area (TPSA) is 79.8 Å². The van der Waals surface area contributed by atoms with E-state index in [2.05, 4.69) is 9.88 Å². The first-order valence-corrected chi connectivity index (χ1v) is 12.9. The number of esters is 1. The van der Waals surface area contributed by atoms with E-state index in [9.17, 15) is 13.2 Å². The van der Waals surface area contributed by atoms with E-state index < -0.39 is 22.0 Å². The number of carbonyl (C=O) groups is 1. The maximum Gasteiger partial charge on any atom is 0.324 e. The van der Waals surface area contributed by atoms with Gasteiger partial charge in [-0.3, -0.25) is 4.79 Å². The lowest BCUT2D eigenvalue weighted by Crippen LogP contribution is -2.54. The standard InChI is InChI=1S/C19H18ClN3O4S3/c20-16-7-8-17(29-16)30(25,26)23-9-3-5-14(23)18(24)27-12-10-22(11-12)19-21-13-4-1-2-6-15(13)28-19/h1-2,4,6-8,12,14H,3,5,9-11H2. The third-order valence-corrected chi connectivity index (χ3v) is 9.98. The van der Waals surface area contributed by atoms with Gasteiger partial charge in [0.1, 0.15) is 16.4 Å². The van der Waals surface area contributed by atoms with Crippen molar-refractivity contribution in [2.75, 3.05) is 24.5 Å². The Morgan fingerprint density at radius 3 is 2.70 bits per heavy atom. The van der Waals surface area contributed by atoms with Gasteiger partial charge in [-0.05, 0) is 37.1 Å². The van der Waals surface area contributed by atoms with Gasteiger partial charge in [0.25, 0.3) is 10.0 Å². The van der Waals surface area contributed by atoms with Crippen molar-refractivity contribution >= 4 is 65.6 Å². The third kappa shape index (κ3) is 3.60. The third-order valence-electron chi connectivity index (χ3n) is 5.27. The molecule has 2 fully saturated rings. The number of hydrogen-bond acceptors (Lipinski definition) is 8. The number of carbonyl (C=O) groups excluding carboxylic acids is 1. The Kier molecular flexibility index (Phi) is 5.22. The summed E-state index contributed by atoms with van der Waals surface area (Å²) in [5.41, 5.74) is 0.957. The highest BCUT2D eigenvalue weighted by atomic mass is 35.5. The Balaban J connectivity index is 1.22. The molecule has 0 bridgehead atoms. The molecule has 4 heterocycles. The first-order valence-electron chi connectivity index (χ1n) is 9.50. The smallest absolute Gasteiger partial charge is 0.324 e. The average molecular weight is 484 g/mol. The van der Waals surface area contributed by atoms with Gasteiger partial charge >= 0.3 is 5.97 Å². The van der Waals surface area contributed by atoms with Crippen molar-refractivity contribution in [3.8, 4) is 0 Å². The number of ether oxygens (including phenoxy) is 1. The minimum atomic E-state index is -3.76. The second-order valence-corrected chi connectivity index (χ2v) is 12.1. The molecule has 2 aliphatic heterocycles. The van der Waals surface area contributed by atoms with Gasteiger partial charge in [0, 0.05) is 6.54 Å². The summed E-state index contributed by atoms with van der Waals surface area (Å²) in [5, 5.41) is 0.906. The van der Waals surface area contributed by atoms with E-state index in [1.807, 2.05) is 24.3 Å². The molecule has 0 amide bonds. The SMILES string of the molecule is O=C(OC1CN(c2nc3ccccc3s2)C1)C1CCCN1S(=O)(=O)c1ccc(Cl)s1. The van der Waals surface area contributed by atoms with Crippen LogP contribution in [0.5, 0.6) is 0 Å². The van der Waals surface area contributed by atoms with E-state index in [0.29, 0.717) is 36.8 Å². The summed E-state index contributed by atoms with van der Waals surface area (Å²) in [7, 11) is -3.76. The number of benzene rings is 1. The van der Waals surface area contributed by atoms with E-state index in [-0.39, 0.29) is 10.3 Å². The molecule has 3 aromatic rings. The maximum atomic E-state index is 12.9. The normalized spacial score (nSPS) is 20.6. The molecule has 5 rings (SSSR count). The van der Waals surface area contributed by atoms with Gasteiger partial charge in [0.2, 0.25) is 0 Å². The molecule has 0 aliphatic carbocycles. The van der Waals surface area contributed by atoms with Gasteiger partial charge in [0.15, 0.2) is 5.13 Å². The lowest BCUT2D eigenvalue weighted by Gasteiger charge is -2.38. The predicted octanol–water partition coefficient (Wildman–Crippen LogP) is 3.60. The molecule has 7 nitrogen and oxygen atoms in total. The molecule has 0 N–H and O–H groups in total. The number of sulfonamides is 1. The summed E-state index contributed by atoms with van der Waals surface area (Å²) >= 11 is 8.50. The monoisotopic (exact) mass is 483 g/mol. The summed E-state index contributed by atoms with van der Waals surface area (Å²) in [6.45, 7) is 1.43. The molecule has 2 aliphatic rings. The number of rotatable bonds is 5. The fourth-order valence-corrected chi connectivity index (χ4v) is 7.96. The van der Waals surface area contributed by atoms with Crippen LogP contribution < -0.4 is 4.90 Å². The van der Waals surface area contributed by atoms with E-state index in [0.717, 1.165) is 26.7 Å². The number of thiophene rings is 1. The number of aromatic nitrogens is 1. The van der Waals surface area contributed by atoms with E-state index in [1.54, 1.807) is 17.4 Å². The van der Waals surface area contributed by atoms with Crippen molar-refractivity contribution in [2.45, 2.75) is 29.2 Å². The quantitative estimate of drug-likeness (QED) is 0.516. The zero-order valence-corrected chi connectivity index (χ0v) is 18.9. The molecule has 1 unspecified atom stereocenters. The molecular formula is C19H18ClN3O4S3. The summed E-state index contributed by atoms with van der Waals surface area (Å²) in [6.07, 6.45) is 0.831. The van der Waals surface area contributed by atoms with Crippen LogP contribution in [0.3, 0.4) is 0 Å². The molecule has 0 radical (unpaired) electrons. The number of nitrogens with zero attached hydrogens (tertiary/aromatic N) is 3. The van der Waals surface area contributed by atoms with E-state index in [4.69, 9.17) is 16.3 Å². The highest BCUT2D eigenvalue weighted by Crippen LogP contribution is 2.34. The number of thiazole rings is 1. The lowest BCUT2D eigenvalue weighted by molar-refractivity contribution is -0.154. The summed E-state index contributed by atoms with van der Waals surface area (Å²) < 4.78 is 34.4. The number of hydrogen-bond donors (Lipinski definition) is 0. The first kappa shape index (κ1) is 20.2. The van der Waals surface area contributed by atoms with Crippen molar-refractivity contribution in [3.05, 3.63) is 40.7 Å². The molecule has 2 aromatic heterocycles. The van der Waals surface area contributed by atoms with Crippen molar-refractivity contribution in [1.82, 2.24) is 9.29 Å². The first-order chi connectivity index (χ1) is 14.4. The molecular weight excluding hydrogens is 466 g/mol. The van der Waals surface area contributed by atoms with Crippen molar-refractivity contribution in [2.24, 2.45) is 0 Å². The van der Waals surface area contributed by atoms with Crippen LogP contribution in [-0.4, -0.2) is 55.5 Å². The minimum Gasteiger partial charge on any atom is -0.457 e. The van der Waals surface area contributed by atoms with Crippen LogP contribution in [0.1, 0.15) is 12.8 Å². The highest BCUT2D eigenvalue weighted by molar-refractivity contribution is 7.91. The molecule has 0 spiro atoms.